The largest absolute Gasteiger partial charge is 0.463 e. The Kier molecular flexibility index (Phi) is 6.43. The van der Waals surface area contributed by atoms with Crippen molar-refractivity contribution in [3.63, 3.8) is 0 Å². The highest BCUT2D eigenvalue weighted by Gasteiger charge is 2.18. The zero-order chi connectivity index (χ0) is 14.1. The number of amides is 1. The summed E-state index contributed by atoms with van der Waals surface area (Å²) in [7, 11) is 0. The number of carbonyl (C=O) groups excluding carboxylic acids is 2. The highest BCUT2D eigenvalue weighted by atomic mass is 16.6. The lowest BCUT2D eigenvalue weighted by molar-refractivity contribution is -0.152. The molecule has 5 nitrogen and oxygen atoms in total. The van der Waals surface area contributed by atoms with Gasteiger partial charge in [-0.3, -0.25) is 5.32 Å². The number of anilines is 1. The minimum Gasteiger partial charge on any atom is -0.463 e. The Balaban J connectivity index is 2.33. The quantitative estimate of drug-likeness (QED) is 0.634. The zero-order valence-corrected chi connectivity index (χ0v) is 11.2. The maximum atomic E-state index is 11.5. The number of unbranched alkanes of at least 4 members (excludes halogenated alkanes) is 1. The number of nitrogens with one attached hydrogen (secondary N) is 1. The van der Waals surface area contributed by atoms with Crippen LogP contribution in [0.5, 0.6) is 0 Å². The van der Waals surface area contributed by atoms with Gasteiger partial charge >= 0.3 is 12.1 Å². The van der Waals surface area contributed by atoms with Crippen LogP contribution in [0.2, 0.25) is 0 Å². The van der Waals surface area contributed by atoms with Gasteiger partial charge in [-0.2, -0.15) is 0 Å². The number of carbonyl (C=O) groups is 2. The van der Waals surface area contributed by atoms with Crippen LogP contribution < -0.4 is 5.32 Å². The fraction of sp³-hybridized carbons (Fsp3) is 0.429. The van der Waals surface area contributed by atoms with E-state index in [1.165, 1.54) is 6.92 Å². The third kappa shape index (κ3) is 5.90. The number of ether oxygens (including phenoxy) is 2. The molecule has 1 aromatic rings. The van der Waals surface area contributed by atoms with Crippen LogP contribution in [0, 0.1) is 0 Å². The monoisotopic (exact) mass is 265 g/mol. The highest BCUT2D eigenvalue weighted by Crippen LogP contribution is 2.06. The predicted molar refractivity (Wildman–Crippen MR) is 71.9 cm³/mol. The molecule has 0 aliphatic carbocycles. The highest BCUT2D eigenvalue weighted by molar-refractivity contribution is 5.87. The molecule has 5 heteroatoms. The Labute approximate surface area is 112 Å². The molecule has 0 saturated carbocycles. The number of hydrogen-bond acceptors (Lipinski definition) is 4. The second kappa shape index (κ2) is 8.13. The lowest BCUT2D eigenvalue weighted by Crippen LogP contribution is -2.28. The van der Waals surface area contributed by atoms with Gasteiger partial charge in [0, 0.05) is 5.69 Å². The van der Waals surface area contributed by atoms with E-state index in [0.717, 1.165) is 12.8 Å². The van der Waals surface area contributed by atoms with Crippen LogP contribution >= 0.6 is 0 Å². The molecule has 1 rings (SSSR count). The van der Waals surface area contributed by atoms with Gasteiger partial charge in [-0.1, -0.05) is 31.5 Å². The van der Waals surface area contributed by atoms with Gasteiger partial charge in [-0.15, -0.1) is 0 Å². The topological polar surface area (TPSA) is 64.6 Å². The standard InChI is InChI=1S/C14H19NO4/c1-3-4-10-18-13(16)11(2)19-14(17)15-12-8-6-5-7-9-12/h5-9,11H,3-4,10H2,1-2H3,(H,15,17). The van der Waals surface area contributed by atoms with Crippen LogP contribution in [0.25, 0.3) is 0 Å². The number of para-hydroxylation sites is 1. The summed E-state index contributed by atoms with van der Waals surface area (Å²) in [6, 6.07) is 8.87. The van der Waals surface area contributed by atoms with Crippen molar-refractivity contribution in [2.24, 2.45) is 0 Å². The first-order valence-corrected chi connectivity index (χ1v) is 6.32. The van der Waals surface area contributed by atoms with Crippen LogP contribution in [0.3, 0.4) is 0 Å². The predicted octanol–water partition coefficient (Wildman–Crippen LogP) is 2.97. The molecule has 1 atom stereocenters. The van der Waals surface area contributed by atoms with E-state index in [4.69, 9.17) is 9.47 Å². The molecule has 0 saturated heterocycles. The van der Waals surface area contributed by atoms with E-state index in [1.807, 2.05) is 13.0 Å². The SMILES string of the molecule is CCCCOC(=O)C(C)OC(=O)Nc1ccccc1. The zero-order valence-electron chi connectivity index (χ0n) is 11.2. The van der Waals surface area contributed by atoms with Crippen molar-refractivity contribution < 1.29 is 19.1 Å². The van der Waals surface area contributed by atoms with Crippen molar-refractivity contribution in [3.05, 3.63) is 30.3 Å². The Morgan fingerprint density at radius 1 is 1.26 bits per heavy atom. The van der Waals surface area contributed by atoms with Crippen LogP contribution in [0.1, 0.15) is 26.7 Å². The van der Waals surface area contributed by atoms with Crippen molar-refractivity contribution in [2.45, 2.75) is 32.8 Å². The van der Waals surface area contributed by atoms with Gasteiger partial charge in [0.2, 0.25) is 0 Å². The summed E-state index contributed by atoms with van der Waals surface area (Å²) in [5.41, 5.74) is 0.610. The van der Waals surface area contributed by atoms with Gasteiger partial charge in [-0.05, 0) is 25.5 Å². The van der Waals surface area contributed by atoms with Crippen molar-refractivity contribution in [3.8, 4) is 0 Å². The second-order valence-corrected chi connectivity index (χ2v) is 4.06. The first-order chi connectivity index (χ1) is 9.13. The summed E-state index contributed by atoms with van der Waals surface area (Å²) >= 11 is 0. The number of rotatable bonds is 6. The van der Waals surface area contributed by atoms with Crippen LogP contribution in [-0.2, 0) is 14.3 Å². The normalized spacial score (nSPS) is 11.5. The Morgan fingerprint density at radius 3 is 2.58 bits per heavy atom. The lowest BCUT2D eigenvalue weighted by atomic mass is 10.3. The molecular weight excluding hydrogens is 246 g/mol. The number of benzene rings is 1. The van der Waals surface area contributed by atoms with Crippen LogP contribution in [0.4, 0.5) is 10.5 Å². The average molecular weight is 265 g/mol. The summed E-state index contributed by atoms with van der Waals surface area (Å²) in [4.78, 5) is 23.0. The first kappa shape index (κ1) is 15.0. The first-order valence-electron chi connectivity index (χ1n) is 6.32. The van der Waals surface area contributed by atoms with Crippen LogP contribution in [-0.4, -0.2) is 24.8 Å². The Bertz CT molecular complexity index is 405. The van der Waals surface area contributed by atoms with Crippen molar-refractivity contribution in [1.82, 2.24) is 0 Å². The van der Waals surface area contributed by atoms with Crippen molar-refractivity contribution in [2.75, 3.05) is 11.9 Å². The lowest BCUT2D eigenvalue weighted by Gasteiger charge is -2.13. The molecule has 0 bridgehead atoms. The third-order valence-corrected chi connectivity index (χ3v) is 2.38. The molecule has 0 aromatic heterocycles. The molecule has 0 spiro atoms. The maximum absolute atomic E-state index is 11.5. The third-order valence-electron chi connectivity index (χ3n) is 2.38. The fourth-order valence-electron chi connectivity index (χ4n) is 1.31. The van der Waals surface area contributed by atoms with Crippen molar-refractivity contribution in [1.29, 1.82) is 0 Å². The van der Waals surface area contributed by atoms with Gasteiger partial charge in [0.05, 0.1) is 6.61 Å². The van der Waals surface area contributed by atoms with E-state index in [0.29, 0.717) is 12.3 Å². The molecule has 1 unspecified atom stereocenters. The van der Waals surface area contributed by atoms with Gasteiger partial charge in [0.1, 0.15) is 0 Å². The van der Waals surface area contributed by atoms with Crippen molar-refractivity contribution >= 4 is 17.7 Å². The van der Waals surface area contributed by atoms with Crippen LogP contribution in [0.15, 0.2) is 30.3 Å². The van der Waals surface area contributed by atoms with E-state index >= 15 is 0 Å². The smallest absolute Gasteiger partial charge is 0.412 e. The minimum atomic E-state index is -0.916. The molecular formula is C14H19NO4. The fourth-order valence-corrected chi connectivity index (χ4v) is 1.31. The van der Waals surface area contributed by atoms with E-state index in [2.05, 4.69) is 5.32 Å². The molecule has 19 heavy (non-hydrogen) atoms. The summed E-state index contributed by atoms with van der Waals surface area (Å²) in [5, 5.41) is 2.53. The number of hydrogen-bond donors (Lipinski definition) is 1. The molecule has 1 N–H and O–H groups in total. The Morgan fingerprint density at radius 2 is 1.95 bits per heavy atom. The van der Waals surface area contributed by atoms with Gasteiger partial charge in [-0.25, -0.2) is 9.59 Å². The molecule has 1 aromatic carbocycles. The molecule has 0 radical (unpaired) electrons. The molecule has 0 aliphatic heterocycles. The molecule has 0 aliphatic rings. The molecule has 0 fully saturated rings. The maximum Gasteiger partial charge on any atom is 0.412 e. The van der Waals surface area contributed by atoms with E-state index < -0.39 is 18.2 Å². The van der Waals surface area contributed by atoms with Gasteiger partial charge < -0.3 is 9.47 Å². The molecule has 104 valence electrons. The van der Waals surface area contributed by atoms with Gasteiger partial charge in [0.15, 0.2) is 6.10 Å². The average Bonchev–Trinajstić information content (AvgIpc) is 2.39. The summed E-state index contributed by atoms with van der Waals surface area (Å²) in [6.07, 6.45) is 0.151. The second-order valence-electron chi connectivity index (χ2n) is 4.06. The molecule has 1 amide bonds. The summed E-state index contributed by atoms with van der Waals surface area (Å²) in [5.74, 6) is -0.531. The Hall–Kier alpha value is -2.04. The summed E-state index contributed by atoms with van der Waals surface area (Å²) in [6.45, 7) is 3.84. The number of esters is 1. The van der Waals surface area contributed by atoms with E-state index in [-0.39, 0.29) is 0 Å². The van der Waals surface area contributed by atoms with E-state index in [9.17, 15) is 9.59 Å². The van der Waals surface area contributed by atoms with E-state index in [1.54, 1.807) is 24.3 Å². The summed E-state index contributed by atoms with van der Waals surface area (Å²) < 4.78 is 9.87. The van der Waals surface area contributed by atoms with Gasteiger partial charge in [0.25, 0.3) is 0 Å². The minimum absolute atomic E-state index is 0.351. The molecule has 0 heterocycles.